The van der Waals surface area contributed by atoms with Gasteiger partial charge < -0.3 is 16.0 Å². The molecule has 0 atom stereocenters. The highest BCUT2D eigenvalue weighted by Crippen LogP contribution is 2.25. The summed E-state index contributed by atoms with van der Waals surface area (Å²) in [5.41, 5.74) is 2.99. The molecule has 116 valence electrons. The summed E-state index contributed by atoms with van der Waals surface area (Å²) < 4.78 is 0. The van der Waals surface area contributed by atoms with Crippen LogP contribution in [0.1, 0.15) is 19.4 Å². The lowest BCUT2D eigenvalue weighted by atomic mass is 10.1. The van der Waals surface area contributed by atoms with E-state index in [9.17, 15) is 4.79 Å². The Morgan fingerprint density at radius 3 is 2.64 bits per heavy atom. The van der Waals surface area contributed by atoms with Crippen molar-refractivity contribution in [2.45, 2.75) is 20.4 Å². The minimum absolute atomic E-state index is 0.0315. The van der Waals surface area contributed by atoms with Gasteiger partial charge in [-0.2, -0.15) is 0 Å². The maximum Gasteiger partial charge on any atom is 0.217 e. The molecule has 0 aliphatic rings. The Hall–Kier alpha value is -1.99. The summed E-state index contributed by atoms with van der Waals surface area (Å²) in [5, 5.41) is 12.2. The first-order chi connectivity index (χ1) is 10.6. The summed E-state index contributed by atoms with van der Waals surface area (Å²) in [7, 11) is 0. The highest BCUT2D eigenvalue weighted by atomic mass is 32.1. The smallest absolute Gasteiger partial charge is 0.217 e. The quantitative estimate of drug-likeness (QED) is 0.734. The molecule has 0 radical (unpaired) electrons. The molecular weight excluding hydrogens is 316 g/mol. The minimum Gasteiger partial charge on any atom is -0.363 e. The molecule has 1 amide bonds. The lowest BCUT2D eigenvalue weighted by Crippen LogP contribution is -2.27. The Balaban J connectivity index is 2.01. The molecule has 0 fully saturated rings. The fourth-order valence-corrected chi connectivity index (χ4v) is 2.82. The first-order valence-electron chi connectivity index (χ1n) is 6.92. The zero-order valence-corrected chi connectivity index (χ0v) is 14.1. The monoisotopic (exact) mass is 334 g/mol. The van der Waals surface area contributed by atoms with E-state index in [1.165, 1.54) is 18.3 Å². The number of aromatic nitrogens is 1. The van der Waals surface area contributed by atoms with E-state index in [-0.39, 0.29) is 5.91 Å². The van der Waals surface area contributed by atoms with Crippen molar-refractivity contribution in [1.29, 1.82) is 0 Å². The van der Waals surface area contributed by atoms with E-state index in [0.717, 1.165) is 28.5 Å². The molecule has 22 heavy (non-hydrogen) atoms. The Labute approximate surface area is 139 Å². The Morgan fingerprint density at radius 2 is 2.00 bits per heavy atom. The van der Waals surface area contributed by atoms with Crippen molar-refractivity contribution in [1.82, 2.24) is 15.6 Å². The largest absolute Gasteiger partial charge is 0.363 e. The van der Waals surface area contributed by atoms with Gasteiger partial charge in [-0.1, -0.05) is 24.3 Å². The summed E-state index contributed by atoms with van der Waals surface area (Å²) in [4.78, 5) is 15.4. The number of nitrogens with zero attached hydrogens (tertiary/aromatic N) is 1. The van der Waals surface area contributed by atoms with Crippen molar-refractivity contribution >= 4 is 39.7 Å². The molecule has 2 rings (SSSR count). The standard InChI is InChI=1S/C15H18N4OS2/c1-3-16-14(21)19-15-18-13(9-22-15)12-6-4-11(5-7-12)8-17-10(2)20/h4-7,9H,3,8H2,1-2H3,(H,17,20)(H2,16,18,19,21). The first-order valence-corrected chi connectivity index (χ1v) is 8.21. The van der Waals surface area contributed by atoms with Gasteiger partial charge in [-0.05, 0) is 24.7 Å². The molecule has 3 N–H and O–H groups in total. The van der Waals surface area contributed by atoms with Crippen molar-refractivity contribution in [2.75, 3.05) is 11.9 Å². The molecule has 1 aromatic heterocycles. The third-order valence-corrected chi connectivity index (χ3v) is 3.86. The fraction of sp³-hybridized carbons (Fsp3) is 0.267. The van der Waals surface area contributed by atoms with Gasteiger partial charge in [0.25, 0.3) is 0 Å². The summed E-state index contributed by atoms with van der Waals surface area (Å²) >= 11 is 6.65. The molecule has 0 bridgehead atoms. The van der Waals surface area contributed by atoms with Crippen LogP contribution in [0, 0.1) is 0 Å². The molecule has 0 aliphatic heterocycles. The number of thiazole rings is 1. The maximum absolute atomic E-state index is 10.9. The van der Waals surface area contributed by atoms with Crippen LogP contribution in [0.5, 0.6) is 0 Å². The number of rotatable bonds is 5. The summed E-state index contributed by atoms with van der Waals surface area (Å²) in [6.07, 6.45) is 0. The molecule has 1 aromatic carbocycles. The van der Waals surface area contributed by atoms with Gasteiger partial charge in [-0.15, -0.1) is 11.3 Å². The number of anilines is 1. The lowest BCUT2D eigenvalue weighted by molar-refractivity contribution is -0.119. The number of hydrogen-bond acceptors (Lipinski definition) is 4. The second-order valence-electron chi connectivity index (χ2n) is 4.63. The van der Waals surface area contributed by atoms with Gasteiger partial charge in [-0.3, -0.25) is 4.79 Å². The number of thiocarbonyl (C=S) groups is 1. The number of benzene rings is 1. The SMILES string of the molecule is CCNC(=S)Nc1nc(-c2ccc(CNC(C)=O)cc2)cs1. The van der Waals surface area contributed by atoms with Crippen LogP contribution in [0.15, 0.2) is 29.6 Å². The van der Waals surface area contributed by atoms with Gasteiger partial charge in [0.1, 0.15) is 0 Å². The van der Waals surface area contributed by atoms with Crippen molar-refractivity contribution in [3.05, 3.63) is 35.2 Å². The van der Waals surface area contributed by atoms with Crippen LogP contribution >= 0.6 is 23.6 Å². The Kier molecular flexibility index (Phi) is 5.85. The van der Waals surface area contributed by atoms with E-state index in [4.69, 9.17) is 12.2 Å². The number of carbonyl (C=O) groups is 1. The second-order valence-corrected chi connectivity index (χ2v) is 5.90. The average molecular weight is 334 g/mol. The van der Waals surface area contributed by atoms with Crippen LogP contribution in [-0.2, 0) is 11.3 Å². The molecule has 5 nitrogen and oxygen atoms in total. The molecular formula is C15H18N4OS2. The van der Waals surface area contributed by atoms with Gasteiger partial charge in [-0.25, -0.2) is 4.98 Å². The first kappa shape index (κ1) is 16.4. The van der Waals surface area contributed by atoms with Crippen LogP contribution in [0.3, 0.4) is 0 Å². The molecule has 0 aliphatic carbocycles. The lowest BCUT2D eigenvalue weighted by Gasteiger charge is -2.05. The van der Waals surface area contributed by atoms with Crippen molar-refractivity contribution in [3.8, 4) is 11.3 Å². The summed E-state index contributed by atoms with van der Waals surface area (Å²) in [5.74, 6) is -0.0315. The van der Waals surface area contributed by atoms with E-state index in [0.29, 0.717) is 11.7 Å². The highest BCUT2D eigenvalue weighted by molar-refractivity contribution is 7.80. The topological polar surface area (TPSA) is 66.1 Å². The zero-order valence-electron chi connectivity index (χ0n) is 12.5. The molecule has 0 saturated carbocycles. The summed E-state index contributed by atoms with van der Waals surface area (Å²) in [6, 6.07) is 7.97. The van der Waals surface area contributed by atoms with Crippen LogP contribution < -0.4 is 16.0 Å². The van der Waals surface area contributed by atoms with Gasteiger partial charge in [0.2, 0.25) is 5.91 Å². The second kappa shape index (κ2) is 7.86. The van der Waals surface area contributed by atoms with E-state index >= 15 is 0 Å². The summed E-state index contributed by atoms with van der Waals surface area (Å²) in [6.45, 7) is 4.82. The predicted octanol–water partition coefficient (Wildman–Crippen LogP) is 2.75. The van der Waals surface area contributed by atoms with Crippen LogP contribution in [0.2, 0.25) is 0 Å². The van der Waals surface area contributed by atoms with Crippen LogP contribution in [0.4, 0.5) is 5.13 Å². The van der Waals surface area contributed by atoms with Crippen LogP contribution in [0.25, 0.3) is 11.3 Å². The molecule has 0 unspecified atom stereocenters. The van der Waals surface area contributed by atoms with E-state index < -0.39 is 0 Å². The van der Waals surface area contributed by atoms with Gasteiger partial charge >= 0.3 is 0 Å². The number of amides is 1. The third kappa shape index (κ3) is 4.78. The van der Waals surface area contributed by atoms with Gasteiger partial charge in [0.15, 0.2) is 10.2 Å². The Morgan fingerprint density at radius 1 is 1.27 bits per heavy atom. The zero-order chi connectivity index (χ0) is 15.9. The van der Waals surface area contributed by atoms with E-state index in [1.807, 2.05) is 36.6 Å². The third-order valence-electron chi connectivity index (χ3n) is 2.85. The molecule has 1 heterocycles. The highest BCUT2D eigenvalue weighted by Gasteiger charge is 2.06. The van der Waals surface area contributed by atoms with Crippen molar-refractivity contribution < 1.29 is 4.79 Å². The van der Waals surface area contributed by atoms with Gasteiger partial charge in [0, 0.05) is 31.0 Å². The minimum atomic E-state index is -0.0315. The van der Waals surface area contributed by atoms with E-state index in [1.54, 1.807) is 0 Å². The molecule has 2 aromatic rings. The van der Waals surface area contributed by atoms with Gasteiger partial charge in [0.05, 0.1) is 5.69 Å². The number of nitrogens with one attached hydrogen (secondary N) is 3. The fourth-order valence-electron chi connectivity index (χ4n) is 1.79. The Bertz CT molecular complexity index is 652. The van der Waals surface area contributed by atoms with E-state index in [2.05, 4.69) is 20.9 Å². The molecule has 0 saturated heterocycles. The van der Waals surface area contributed by atoms with Crippen LogP contribution in [-0.4, -0.2) is 22.5 Å². The predicted molar refractivity (Wildman–Crippen MR) is 95.0 cm³/mol. The average Bonchev–Trinajstić information content (AvgIpc) is 2.94. The molecule has 0 spiro atoms. The number of carbonyl (C=O) groups excluding carboxylic acids is 1. The number of hydrogen-bond donors (Lipinski definition) is 3. The van der Waals surface area contributed by atoms with Crippen molar-refractivity contribution in [3.63, 3.8) is 0 Å². The molecule has 7 heteroatoms. The maximum atomic E-state index is 10.9. The van der Waals surface area contributed by atoms with Crippen molar-refractivity contribution in [2.24, 2.45) is 0 Å². The normalized spacial score (nSPS) is 10.1.